The van der Waals surface area contributed by atoms with E-state index in [1.165, 1.54) is 13.8 Å². The molecule has 8 nitrogen and oxygen atoms in total. The molecule has 1 aromatic rings. The molecule has 8 heteroatoms. The van der Waals surface area contributed by atoms with Gasteiger partial charge in [0.1, 0.15) is 24.0 Å². The van der Waals surface area contributed by atoms with E-state index in [0.717, 1.165) is 0 Å². The number of para-hydroxylation sites is 1. The molecular formula is C19H24O8. The van der Waals surface area contributed by atoms with Gasteiger partial charge in [0, 0.05) is 26.7 Å². The van der Waals surface area contributed by atoms with Gasteiger partial charge in [-0.2, -0.15) is 0 Å². The Bertz CT molecular complexity index is 671. The van der Waals surface area contributed by atoms with Crippen LogP contribution in [0, 0.1) is 0 Å². The fourth-order valence-corrected chi connectivity index (χ4v) is 2.74. The molecule has 0 radical (unpaired) electrons. The highest BCUT2D eigenvalue weighted by molar-refractivity contribution is 5.92. The van der Waals surface area contributed by atoms with Gasteiger partial charge in [0.25, 0.3) is 0 Å². The molecule has 1 saturated heterocycles. The van der Waals surface area contributed by atoms with Gasteiger partial charge >= 0.3 is 17.9 Å². The Morgan fingerprint density at radius 1 is 1.07 bits per heavy atom. The second-order valence-electron chi connectivity index (χ2n) is 6.03. The average molecular weight is 380 g/mol. The van der Waals surface area contributed by atoms with Crippen molar-refractivity contribution in [2.45, 2.75) is 52.1 Å². The van der Waals surface area contributed by atoms with E-state index in [9.17, 15) is 14.4 Å². The van der Waals surface area contributed by atoms with Crippen molar-refractivity contribution in [3.8, 4) is 5.75 Å². The number of rotatable bonds is 7. The number of carbonyl (C=O) groups is 3. The largest absolute Gasteiger partial charge is 0.464 e. The van der Waals surface area contributed by atoms with Gasteiger partial charge in [-0.25, -0.2) is 4.79 Å². The van der Waals surface area contributed by atoms with E-state index in [1.807, 2.05) is 0 Å². The Kier molecular flexibility index (Phi) is 7.60. The maximum atomic E-state index is 12.1. The molecule has 1 aromatic carbocycles. The summed E-state index contributed by atoms with van der Waals surface area (Å²) in [6.07, 6.45) is -1.05. The Balaban J connectivity index is 2.12. The van der Waals surface area contributed by atoms with Crippen LogP contribution in [-0.4, -0.2) is 49.6 Å². The van der Waals surface area contributed by atoms with Crippen molar-refractivity contribution in [3.63, 3.8) is 0 Å². The predicted molar refractivity (Wildman–Crippen MR) is 93.1 cm³/mol. The maximum absolute atomic E-state index is 12.1. The summed E-state index contributed by atoms with van der Waals surface area (Å²) in [5.41, 5.74) is 0.272. The zero-order valence-electron chi connectivity index (χ0n) is 15.6. The molecule has 0 spiro atoms. The van der Waals surface area contributed by atoms with Gasteiger partial charge in [0.2, 0.25) is 6.29 Å². The monoisotopic (exact) mass is 380 g/mol. The molecule has 1 aliphatic rings. The first-order chi connectivity index (χ1) is 12.9. The van der Waals surface area contributed by atoms with Gasteiger partial charge in [-0.3, -0.25) is 9.59 Å². The highest BCUT2D eigenvalue weighted by atomic mass is 16.7. The van der Waals surface area contributed by atoms with Gasteiger partial charge in [-0.05, 0) is 19.1 Å². The lowest BCUT2D eigenvalue weighted by Gasteiger charge is -2.34. The summed E-state index contributed by atoms with van der Waals surface area (Å²) in [5.74, 6) is -1.05. The molecule has 0 bridgehead atoms. The van der Waals surface area contributed by atoms with Crippen molar-refractivity contribution in [2.24, 2.45) is 0 Å². The van der Waals surface area contributed by atoms with Gasteiger partial charge in [-0.1, -0.05) is 12.1 Å². The predicted octanol–water partition coefficient (Wildman–Crippen LogP) is 2.24. The summed E-state index contributed by atoms with van der Waals surface area (Å²) in [4.78, 5) is 34.5. The number of ether oxygens (including phenoxy) is 5. The quantitative estimate of drug-likeness (QED) is 0.525. The standard InChI is InChI=1S/C19H24O8/c1-4-23-19(22)16-7-5-6-8-17(16)27-18-10-14(25-13(3)21)9-15(26-18)11-24-12(2)20/h5-8,14-15,18H,4,9-11H2,1-3H3/t14-,15-,18-/m0/s1. The zero-order chi connectivity index (χ0) is 19.8. The Labute approximate surface area is 157 Å². The van der Waals surface area contributed by atoms with Crippen LogP contribution in [0.3, 0.4) is 0 Å². The second kappa shape index (κ2) is 9.91. The molecule has 0 aliphatic carbocycles. The number of benzene rings is 1. The molecular weight excluding hydrogens is 356 g/mol. The van der Waals surface area contributed by atoms with Crippen LogP contribution in [0.25, 0.3) is 0 Å². The molecule has 1 heterocycles. The summed E-state index contributed by atoms with van der Waals surface area (Å²) in [6.45, 7) is 4.60. The Morgan fingerprint density at radius 2 is 1.81 bits per heavy atom. The van der Waals surface area contributed by atoms with E-state index in [0.29, 0.717) is 12.2 Å². The zero-order valence-corrected chi connectivity index (χ0v) is 15.6. The van der Waals surface area contributed by atoms with Crippen molar-refractivity contribution in [2.75, 3.05) is 13.2 Å². The number of hydrogen-bond acceptors (Lipinski definition) is 8. The lowest BCUT2D eigenvalue weighted by molar-refractivity contribution is -0.201. The number of esters is 3. The van der Waals surface area contributed by atoms with Crippen LogP contribution >= 0.6 is 0 Å². The summed E-state index contributed by atoms with van der Waals surface area (Å²) in [5, 5.41) is 0. The molecule has 148 valence electrons. The number of hydrogen-bond donors (Lipinski definition) is 0. The summed E-state index contributed by atoms with van der Waals surface area (Å²) < 4.78 is 27.0. The molecule has 0 aromatic heterocycles. The van der Waals surface area contributed by atoms with Crippen LogP contribution in [-0.2, 0) is 28.5 Å². The van der Waals surface area contributed by atoms with Crippen molar-refractivity contribution >= 4 is 17.9 Å². The van der Waals surface area contributed by atoms with Crippen LogP contribution in [0.1, 0.15) is 44.0 Å². The third-order valence-corrected chi connectivity index (χ3v) is 3.77. The minimum absolute atomic E-state index is 0.0203. The molecule has 1 fully saturated rings. The Hall–Kier alpha value is -2.61. The molecule has 3 atom stereocenters. The van der Waals surface area contributed by atoms with Crippen LogP contribution in [0.4, 0.5) is 0 Å². The van der Waals surface area contributed by atoms with Crippen molar-refractivity contribution in [3.05, 3.63) is 29.8 Å². The molecule has 2 rings (SSSR count). The van der Waals surface area contributed by atoms with Gasteiger partial charge < -0.3 is 23.7 Å². The van der Waals surface area contributed by atoms with E-state index in [2.05, 4.69) is 0 Å². The summed E-state index contributed by atoms with van der Waals surface area (Å²) in [7, 11) is 0. The highest BCUT2D eigenvalue weighted by Gasteiger charge is 2.34. The first-order valence-electron chi connectivity index (χ1n) is 8.77. The SMILES string of the molecule is CCOC(=O)c1ccccc1O[C@H]1C[C@@H](OC(C)=O)C[C@@H](COC(C)=O)O1. The van der Waals surface area contributed by atoms with Gasteiger partial charge in [-0.15, -0.1) is 0 Å². The minimum Gasteiger partial charge on any atom is -0.464 e. The van der Waals surface area contributed by atoms with E-state index >= 15 is 0 Å². The van der Waals surface area contributed by atoms with Crippen molar-refractivity contribution in [1.29, 1.82) is 0 Å². The fourth-order valence-electron chi connectivity index (χ4n) is 2.74. The first kappa shape index (κ1) is 20.7. The number of carbonyl (C=O) groups excluding carboxylic acids is 3. The van der Waals surface area contributed by atoms with Crippen LogP contribution in [0.5, 0.6) is 5.75 Å². The highest BCUT2D eigenvalue weighted by Crippen LogP contribution is 2.27. The summed E-state index contributed by atoms with van der Waals surface area (Å²) >= 11 is 0. The second-order valence-corrected chi connectivity index (χ2v) is 6.03. The van der Waals surface area contributed by atoms with E-state index in [4.69, 9.17) is 23.7 Å². The topological polar surface area (TPSA) is 97.4 Å². The van der Waals surface area contributed by atoms with Crippen molar-refractivity contribution in [1.82, 2.24) is 0 Å². The van der Waals surface area contributed by atoms with E-state index < -0.39 is 36.4 Å². The van der Waals surface area contributed by atoms with Crippen LogP contribution < -0.4 is 4.74 Å². The van der Waals surface area contributed by atoms with E-state index in [-0.39, 0.29) is 25.2 Å². The smallest absolute Gasteiger partial charge is 0.341 e. The summed E-state index contributed by atoms with van der Waals surface area (Å²) in [6, 6.07) is 6.65. The molecule has 0 N–H and O–H groups in total. The van der Waals surface area contributed by atoms with Gasteiger partial charge in [0.15, 0.2) is 0 Å². The van der Waals surface area contributed by atoms with Crippen LogP contribution in [0.15, 0.2) is 24.3 Å². The average Bonchev–Trinajstić information content (AvgIpc) is 2.60. The third-order valence-electron chi connectivity index (χ3n) is 3.77. The maximum Gasteiger partial charge on any atom is 0.341 e. The third kappa shape index (κ3) is 6.56. The molecule has 27 heavy (non-hydrogen) atoms. The van der Waals surface area contributed by atoms with Crippen molar-refractivity contribution < 1.29 is 38.1 Å². The van der Waals surface area contributed by atoms with E-state index in [1.54, 1.807) is 31.2 Å². The van der Waals surface area contributed by atoms with Gasteiger partial charge in [0.05, 0.1) is 12.7 Å². The minimum atomic E-state index is -0.778. The normalized spacial score (nSPS) is 21.8. The fraction of sp³-hybridized carbons (Fsp3) is 0.526. The van der Waals surface area contributed by atoms with Crippen LogP contribution in [0.2, 0.25) is 0 Å². The lowest BCUT2D eigenvalue weighted by Crippen LogP contribution is -2.42. The Morgan fingerprint density at radius 3 is 2.48 bits per heavy atom. The first-order valence-corrected chi connectivity index (χ1v) is 8.77. The lowest BCUT2D eigenvalue weighted by atomic mass is 10.1. The molecule has 1 aliphatic heterocycles. The molecule has 0 saturated carbocycles. The molecule has 0 amide bonds. The molecule has 0 unspecified atom stereocenters.